The Hall–Kier alpha value is -2.00. The van der Waals surface area contributed by atoms with Crippen LogP contribution < -0.4 is 5.32 Å². The highest BCUT2D eigenvalue weighted by molar-refractivity contribution is 5.84. The van der Waals surface area contributed by atoms with E-state index in [1.54, 1.807) is 4.90 Å². The smallest absolute Gasteiger partial charge is 0.358 e. The summed E-state index contributed by atoms with van der Waals surface area (Å²) in [7, 11) is 1.82. The second kappa shape index (κ2) is 5.41. The van der Waals surface area contributed by atoms with Crippen LogP contribution in [0.5, 0.6) is 0 Å². The zero-order chi connectivity index (χ0) is 15.0. The average Bonchev–Trinajstić information content (AvgIpc) is 3.05. The van der Waals surface area contributed by atoms with Gasteiger partial charge in [-0.1, -0.05) is 5.21 Å². The molecule has 21 heavy (non-hydrogen) atoms. The quantitative estimate of drug-likeness (QED) is 0.702. The summed E-state index contributed by atoms with van der Waals surface area (Å²) in [6.45, 7) is 2.04. The number of likely N-dealkylation sites (tertiary alicyclic amines) is 1. The molecule has 0 aromatic carbocycles. The van der Waals surface area contributed by atoms with Gasteiger partial charge in [0.15, 0.2) is 5.69 Å². The molecule has 1 aromatic rings. The largest absolute Gasteiger partial charge is 0.476 e. The lowest BCUT2D eigenvalue weighted by Crippen LogP contribution is -2.55. The third kappa shape index (κ3) is 2.49. The standard InChI is InChI=1S/C12H17N5O4/c1-13-10-6-21-5-8(10)11(18)16-2-7(3-16)17-4-9(12(19)20)14-15-17/h4,7-8,10,13H,2-3,5-6H2,1H3,(H,19,20). The number of carboxylic acids is 1. The summed E-state index contributed by atoms with van der Waals surface area (Å²) in [5.74, 6) is -1.18. The van der Waals surface area contributed by atoms with Gasteiger partial charge in [-0.2, -0.15) is 0 Å². The minimum atomic E-state index is -1.10. The molecule has 9 nitrogen and oxygen atoms in total. The number of carbonyl (C=O) groups is 2. The third-order valence-electron chi connectivity index (χ3n) is 4.05. The molecule has 0 spiro atoms. The zero-order valence-electron chi connectivity index (χ0n) is 11.6. The number of amides is 1. The lowest BCUT2D eigenvalue weighted by molar-refractivity contribution is -0.142. The van der Waals surface area contributed by atoms with Crippen molar-refractivity contribution in [1.82, 2.24) is 25.2 Å². The summed E-state index contributed by atoms with van der Waals surface area (Å²) in [6.07, 6.45) is 1.39. The molecule has 3 heterocycles. The highest BCUT2D eigenvalue weighted by Gasteiger charge is 2.41. The van der Waals surface area contributed by atoms with Crippen LogP contribution in [0, 0.1) is 5.92 Å². The lowest BCUT2D eigenvalue weighted by atomic mass is 9.99. The van der Waals surface area contributed by atoms with Crippen molar-refractivity contribution in [3.05, 3.63) is 11.9 Å². The number of hydrogen-bond donors (Lipinski definition) is 2. The molecule has 9 heteroatoms. The van der Waals surface area contributed by atoms with Crippen molar-refractivity contribution < 1.29 is 19.4 Å². The van der Waals surface area contributed by atoms with Gasteiger partial charge in [-0.3, -0.25) is 4.79 Å². The molecular weight excluding hydrogens is 278 g/mol. The maximum atomic E-state index is 12.4. The van der Waals surface area contributed by atoms with Crippen LogP contribution in [0.15, 0.2) is 6.20 Å². The van der Waals surface area contributed by atoms with E-state index in [1.165, 1.54) is 10.9 Å². The minimum Gasteiger partial charge on any atom is -0.476 e. The number of nitrogens with zero attached hydrogens (tertiary/aromatic N) is 4. The number of aromatic carboxylic acids is 1. The molecule has 2 atom stereocenters. The number of rotatable bonds is 4. The first-order chi connectivity index (χ1) is 10.1. The van der Waals surface area contributed by atoms with Crippen LogP contribution in [0.1, 0.15) is 16.5 Å². The molecule has 1 aromatic heterocycles. The molecule has 3 rings (SSSR count). The molecule has 2 fully saturated rings. The number of carboxylic acid groups (broad SMARTS) is 1. The molecule has 0 saturated carbocycles. The van der Waals surface area contributed by atoms with Crippen molar-refractivity contribution in [3.8, 4) is 0 Å². The van der Waals surface area contributed by atoms with E-state index in [-0.39, 0.29) is 29.6 Å². The predicted molar refractivity (Wildman–Crippen MR) is 69.8 cm³/mol. The summed E-state index contributed by atoms with van der Waals surface area (Å²) < 4.78 is 6.85. The van der Waals surface area contributed by atoms with E-state index in [4.69, 9.17) is 9.84 Å². The molecule has 0 aliphatic carbocycles. The first-order valence-electron chi connectivity index (χ1n) is 6.79. The Labute approximate surface area is 120 Å². The van der Waals surface area contributed by atoms with E-state index in [2.05, 4.69) is 15.6 Å². The van der Waals surface area contributed by atoms with E-state index in [9.17, 15) is 9.59 Å². The van der Waals surface area contributed by atoms with Crippen LogP contribution in [0.3, 0.4) is 0 Å². The van der Waals surface area contributed by atoms with E-state index < -0.39 is 5.97 Å². The molecule has 2 saturated heterocycles. The summed E-state index contributed by atoms with van der Waals surface area (Å²) in [4.78, 5) is 24.9. The lowest BCUT2D eigenvalue weighted by Gasteiger charge is -2.40. The molecule has 2 aliphatic heterocycles. The molecule has 2 N–H and O–H groups in total. The molecular formula is C12H17N5O4. The van der Waals surface area contributed by atoms with Gasteiger partial charge in [0, 0.05) is 19.1 Å². The number of aromatic nitrogens is 3. The van der Waals surface area contributed by atoms with Crippen LogP contribution in [0.2, 0.25) is 0 Å². The van der Waals surface area contributed by atoms with E-state index in [1.807, 2.05) is 7.05 Å². The summed E-state index contributed by atoms with van der Waals surface area (Å²) in [5.41, 5.74) is -0.0841. The van der Waals surface area contributed by atoms with Crippen LogP contribution >= 0.6 is 0 Å². The van der Waals surface area contributed by atoms with Gasteiger partial charge in [0.1, 0.15) is 0 Å². The van der Waals surface area contributed by atoms with Crippen LogP contribution in [-0.4, -0.2) is 76.3 Å². The Morgan fingerprint density at radius 2 is 2.19 bits per heavy atom. The minimum absolute atomic E-state index is 0.00935. The normalized spacial score (nSPS) is 25.9. The second-order valence-electron chi connectivity index (χ2n) is 5.33. The molecule has 0 bridgehead atoms. The fourth-order valence-corrected chi connectivity index (χ4v) is 2.67. The number of likely N-dealkylation sites (N-methyl/N-ethyl adjacent to an activating group) is 1. The molecule has 2 aliphatic rings. The van der Waals surface area contributed by atoms with Crippen molar-refractivity contribution >= 4 is 11.9 Å². The first-order valence-corrected chi connectivity index (χ1v) is 6.79. The van der Waals surface area contributed by atoms with Gasteiger partial charge in [0.25, 0.3) is 0 Å². The maximum absolute atomic E-state index is 12.4. The predicted octanol–water partition coefficient (Wildman–Crippen LogP) is -1.41. The maximum Gasteiger partial charge on any atom is 0.358 e. The van der Waals surface area contributed by atoms with Crippen molar-refractivity contribution in [3.63, 3.8) is 0 Å². The van der Waals surface area contributed by atoms with Gasteiger partial charge in [-0.15, -0.1) is 5.10 Å². The Morgan fingerprint density at radius 1 is 1.43 bits per heavy atom. The highest BCUT2D eigenvalue weighted by atomic mass is 16.5. The monoisotopic (exact) mass is 295 g/mol. The molecule has 114 valence electrons. The zero-order valence-corrected chi connectivity index (χ0v) is 11.6. The van der Waals surface area contributed by atoms with Gasteiger partial charge in [0.05, 0.1) is 31.4 Å². The summed E-state index contributed by atoms with van der Waals surface area (Å²) in [6, 6.07) is 0.0476. The Kier molecular flexibility index (Phi) is 3.60. The van der Waals surface area contributed by atoms with Crippen molar-refractivity contribution in [2.75, 3.05) is 33.4 Å². The van der Waals surface area contributed by atoms with Gasteiger partial charge >= 0.3 is 5.97 Å². The van der Waals surface area contributed by atoms with Crippen molar-refractivity contribution in [2.45, 2.75) is 12.1 Å². The molecule has 1 amide bonds. The highest BCUT2D eigenvalue weighted by Crippen LogP contribution is 2.25. The Bertz CT molecular complexity index is 554. The first kappa shape index (κ1) is 14.0. The number of ether oxygens (including phenoxy) is 1. The summed E-state index contributed by atoms with van der Waals surface area (Å²) in [5, 5.41) is 19.3. The number of nitrogens with one attached hydrogen (secondary N) is 1. The van der Waals surface area contributed by atoms with Crippen molar-refractivity contribution in [2.24, 2.45) is 5.92 Å². The Balaban J connectivity index is 1.57. The topological polar surface area (TPSA) is 110 Å². The van der Waals surface area contributed by atoms with Gasteiger partial charge < -0.3 is 20.1 Å². The van der Waals surface area contributed by atoms with Gasteiger partial charge in [0.2, 0.25) is 5.91 Å². The number of carbonyl (C=O) groups excluding carboxylic acids is 1. The Morgan fingerprint density at radius 3 is 2.81 bits per heavy atom. The van der Waals surface area contributed by atoms with E-state index in [0.717, 1.165) is 0 Å². The fraction of sp³-hybridized carbons (Fsp3) is 0.667. The third-order valence-corrected chi connectivity index (χ3v) is 4.05. The van der Waals surface area contributed by atoms with Crippen molar-refractivity contribution in [1.29, 1.82) is 0 Å². The van der Waals surface area contributed by atoms with Crippen LogP contribution in [0.4, 0.5) is 0 Å². The SMILES string of the molecule is CNC1COCC1C(=O)N1CC(n2cc(C(=O)O)nn2)C1. The number of hydrogen-bond acceptors (Lipinski definition) is 6. The fourth-order valence-electron chi connectivity index (χ4n) is 2.67. The van der Waals surface area contributed by atoms with Gasteiger partial charge in [-0.25, -0.2) is 9.48 Å². The van der Waals surface area contributed by atoms with Gasteiger partial charge in [-0.05, 0) is 7.05 Å². The second-order valence-corrected chi connectivity index (χ2v) is 5.33. The molecule has 0 radical (unpaired) electrons. The van der Waals surface area contributed by atoms with Crippen LogP contribution in [-0.2, 0) is 9.53 Å². The van der Waals surface area contributed by atoms with Crippen LogP contribution in [0.25, 0.3) is 0 Å². The summed E-state index contributed by atoms with van der Waals surface area (Å²) >= 11 is 0. The van der Waals surface area contributed by atoms with E-state index in [0.29, 0.717) is 26.3 Å². The van der Waals surface area contributed by atoms with E-state index >= 15 is 0 Å². The average molecular weight is 295 g/mol. The molecule has 2 unspecified atom stereocenters.